The van der Waals surface area contributed by atoms with E-state index in [4.69, 9.17) is 0 Å². The lowest BCUT2D eigenvalue weighted by atomic mass is 10.1. The van der Waals surface area contributed by atoms with Gasteiger partial charge in [-0.2, -0.15) is 0 Å². The smallest absolute Gasteiger partial charge is 0.191 e. The average Bonchev–Trinajstić information content (AvgIpc) is 3.02. The van der Waals surface area contributed by atoms with E-state index in [0.29, 0.717) is 6.54 Å². The first-order valence-electron chi connectivity index (χ1n) is 9.03. The maximum Gasteiger partial charge on any atom is 0.191 e. The van der Waals surface area contributed by atoms with E-state index in [-0.39, 0.29) is 0 Å². The maximum atomic E-state index is 4.64. The number of fused-ring (bicyclic) bond motifs is 1. The van der Waals surface area contributed by atoms with Crippen LogP contribution < -0.4 is 10.6 Å². The highest BCUT2D eigenvalue weighted by molar-refractivity contribution is 5.79. The van der Waals surface area contributed by atoms with Crippen LogP contribution in [-0.2, 0) is 13.0 Å². The van der Waals surface area contributed by atoms with Crippen molar-refractivity contribution in [1.82, 2.24) is 25.2 Å². The quantitative estimate of drug-likeness (QED) is 0.530. The van der Waals surface area contributed by atoms with Crippen molar-refractivity contribution < 1.29 is 0 Å². The number of rotatable bonds is 6. The Balaban J connectivity index is 1.62. The van der Waals surface area contributed by atoms with Crippen LogP contribution in [0.15, 0.2) is 47.6 Å². The number of aryl methyl sites for hydroxylation is 2. The van der Waals surface area contributed by atoms with Gasteiger partial charge >= 0.3 is 0 Å². The first-order chi connectivity index (χ1) is 12.7. The standard InChI is InChI=1S/C20H26N6/c1-4-21-20(22-9-8-17-12-15(2)11-16(3)13-17)23-14-19-25-24-18-7-5-6-10-26(18)19/h5-7,10-13H,4,8-9,14H2,1-3H3,(H2,21,22,23). The Kier molecular flexibility index (Phi) is 5.84. The van der Waals surface area contributed by atoms with Crippen molar-refractivity contribution in [1.29, 1.82) is 0 Å². The molecule has 136 valence electrons. The summed E-state index contributed by atoms with van der Waals surface area (Å²) in [6, 6.07) is 12.5. The van der Waals surface area contributed by atoms with Gasteiger partial charge in [-0.3, -0.25) is 4.40 Å². The molecule has 0 unspecified atom stereocenters. The molecule has 0 spiro atoms. The molecule has 1 aromatic carbocycles. The number of benzene rings is 1. The fourth-order valence-corrected chi connectivity index (χ4v) is 3.03. The topological polar surface area (TPSA) is 66.6 Å². The van der Waals surface area contributed by atoms with Crippen LogP contribution in [0, 0.1) is 13.8 Å². The summed E-state index contributed by atoms with van der Waals surface area (Å²) in [5, 5.41) is 15.1. The average molecular weight is 350 g/mol. The number of pyridine rings is 1. The van der Waals surface area contributed by atoms with Crippen molar-refractivity contribution in [2.24, 2.45) is 4.99 Å². The molecule has 3 rings (SSSR count). The van der Waals surface area contributed by atoms with Crippen LogP contribution in [0.25, 0.3) is 5.65 Å². The molecule has 0 radical (unpaired) electrons. The molecule has 0 fully saturated rings. The monoisotopic (exact) mass is 350 g/mol. The third-order valence-corrected chi connectivity index (χ3v) is 4.09. The number of hydrogen-bond donors (Lipinski definition) is 2. The lowest BCUT2D eigenvalue weighted by Gasteiger charge is -2.11. The summed E-state index contributed by atoms with van der Waals surface area (Å²) in [4.78, 5) is 4.64. The van der Waals surface area contributed by atoms with E-state index in [0.717, 1.165) is 36.9 Å². The summed E-state index contributed by atoms with van der Waals surface area (Å²) in [7, 11) is 0. The molecule has 0 aliphatic carbocycles. The molecule has 0 aliphatic rings. The number of guanidine groups is 1. The molecule has 3 aromatic rings. The zero-order chi connectivity index (χ0) is 18.4. The third-order valence-electron chi connectivity index (χ3n) is 4.09. The molecule has 0 atom stereocenters. The van der Waals surface area contributed by atoms with Gasteiger partial charge in [-0.05, 0) is 44.9 Å². The van der Waals surface area contributed by atoms with Gasteiger partial charge in [-0.1, -0.05) is 35.4 Å². The largest absolute Gasteiger partial charge is 0.357 e. The van der Waals surface area contributed by atoms with Crippen LogP contribution in [0.1, 0.15) is 29.4 Å². The first kappa shape index (κ1) is 17.9. The Labute approximate surface area is 154 Å². The van der Waals surface area contributed by atoms with Crippen LogP contribution in [0.2, 0.25) is 0 Å². The normalized spacial score (nSPS) is 11.7. The van der Waals surface area contributed by atoms with E-state index in [9.17, 15) is 0 Å². The van der Waals surface area contributed by atoms with E-state index < -0.39 is 0 Å². The van der Waals surface area contributed by atoms with Gasteiger partial charge in [0.2, 0.25) is 0 Å². The summed E-state index contributed by atoms with van der Waals surface area (Å²) in [5.74, 6) is 1.62. The Hall–Kier alpha value is -2.89. The summed E-state index contributed by atoms with van der Waals surface area (Å²) in [6.45, 7) is 8.46. The van der Waals surface area contributed by atoms with E-state index in [1.54, 1.807) is 0 Å². The van der Waals surface area contributed by atoms with Gasteiger partial charge in [0.25, 0.3) is 0 Å². The van der Waals surface area contributed by atoms with Gasteiger partial charge in [-0.15, -0.1) is 10.2 Å². The SMILES string of the molecule is CCNC(=NCc1nnc2ccccn12)NCCc1cc(C)cc(C)c1. The van der Waals surface area contributed by atoms with Gasteiger partial charge in [0.1, 0.15) is 6.54 Å². The Bertz CT molecular complexity index is 876. The van der Waals surface area contributed by atoms with Crippen molar-refractivity contribution in [3.8, 4) is 0 Å². The molecule has 26 heavy (non-hydrogen) atoms. The molecule has 0 bridgehead atoms. The Morgan fingerprint density at radius 3 is 2.65 bits per heavy atom. The van der Waals surface area contributed by atoms with Crippen molar-refractivity contribution in [2.75, 3.05) is 13.1 Å². The molecular weight excluding hydrogens is 324 g/mol. The van der Waals surface area contributed by atoms with Crippen LogP contribution >= 0.6 is 0 Å². The van der Waals surface area contributed by atoms with Gasteiger partial charge in [-0.25, -0.2) is 4.99 Å². The van der Waals surface area contributed by atoms with E-state index in [2.05, 4.69) is 64.8 Å². The van der Waals surface area contributed by atoms with Crippen molar-refractivity contribution in [3.63, 3.8) is 0 Å². The lowest BCUT2D eigenvalue weighted by molar-refractivity contribution is 0.787. The molecule has 2 heterocycles. The summed E-state index contributed by atoms with van der Waals surface area (Å²) in [5.41, 5.74) is 4.79. The summed E-state index contributed by atoms with van der Waals surface area (Å²) < 4.78 is 1.96. The molecule has 0 saturated heterocycles. The minimum Gasteiger partial charge on any atom is -0.357 e. The van der Waals surface area contributed by atoms with E-state index in [1.165, 1.54) is 16.7 Å². The number of aliphatic imine (C=N–C) groups is 1. The van der Waals surface area contributed by atoms with Gasteiger partial charge < -0.3 is 10.6 Å². The number of nitrogens with zero attached hydrogens (tertiary/aromatic N) is 4. The predicted octanol–water partition coefficient (Wildman–Crippen LogP) is 2.64. The van der Waals surface area contributed by atoms with Crippen molar-refractivity contribution >= 4 is 11.6 Å². The van der Waals surface area contributed by atoms with Gasteiger partial charge in [0.15, 0.2) is 17.4 Å². The third kappa shape index (κ3) is 4.59. The summed E-state index contributed by atoms with van der Waals surface area (Å²) >= 11 is 0. The molecule has 2 N–H and O–H groups in total. The summed E-state index contributed by atoms with van der Waals surface area (Å²) in [6.07, 6.45) is 2.92. The van der Waals surface area contributed by atoms with E-state index in [1.807, 2.05) is 28.8 Å². The molecule has 6 heteroatoms. The second kappa shape index (κ2) is 8.47. The number of hydrogen-bond acceptors (Lipinski definition) is 3. The molecule has 0 aliphatic heterocycles. The zero-order valence-electron chi connectivity index (χ0n) is 15.7. The van der Waals surface area contributed by atoms with Crippen LogP contribution in [-0.4, -0.2) is 33.6 Å². The molecule has 2 aromatic heterocycles. The fraction of sp³-hybridized carbons (Fsp3) is 0.350. The van der Waals surface area contributed by atoms with Gasteiger partial charge in [0.05, 0.1) is 0 Å². The molecule has 0 saturated carbocycles. The first-order valence-corrected chi connectivity index (χ1v) is 9.03. The van der Waals surface area contributed by atoms with Crippen LogP contribution in [0.4, 0.5) is 0 Å². The highest BCUT2D eigenvalue weighted by Gasteiger charge is 2.05. The van der Waals surface area contributed by atoms with Crippen molar-refractivity contribution in [2.45, 2.75) is 33.7 Å². The predicted molar refractivity (Wildman–Crippen MR) is 105 cm³/mol. The fourth-order valence-electron chi connectivity index (χ4n) is 3.03. The lowest BCUT2D eigenvalue weighted by Crippen LogP contribution is -2.38. The maximum absolute atomic E-state index is 4.64. The Morgan fingerprint density at radius 2 is 1.88 bits per heavy atom. The second-order valence-electron chi connectivity index (χ2n) is 6.41. The second-order valence-corrected chi connectivity index (χ2v) is 6.41. The molecule has 0 amide bonds. The highest BCUT2D eigenvalue weighted by atomic mass is 15.3. The zero-order valence-corrected chi connectivity index (χ0v) is 15.7. The van der Waals surface area contributed by atoms with Gasteiger partial charge in [0, 0.05) is 19.3 Å². The van der Waals surface area contributed by atoms with E-state index >= 15 is 0 Å². The van der Waals surface area contributed by atoms with Crippen molar-refractivity contribution in [3.05, 3.63) is 65.1 Å². The minimum absolute atomic E-state index is 0.476. The number of nitrogens with one attached hydrogen (secondary N) is 2. The minimum atomic E-state index is 0.476. The van der Waals surface area contributed by atoms with Crippen LogP contribution in [0.3, 0.4) is 0 Å². The molecular formula is C20H26N6. The highest BCUT2D eigenvalue weighted by Crippen LogP contribution is 2.09. The molecule has 6 nitrogen and oxygen atoms in total. The number of aromatic nitrogens is 3. The Morgan fingerprint density at radius 1 is 1.08 bits per heavy atom. The van der Waals surface area contributed by atoms with Crippen LogP contribution in [0.5, 0.6) is 0 Å².